The molecule has 1 fully saturated rings. The Morgan fingerprint density at radius 2 is 2.13 bits per heavy atom. The van der Waals surface area contributed by atoms with Crippen LogP contribution in [0.2, 0.25) is 0 Å². The van der Waals surface area contributed by atoms with Crippen molar-refractivity contribution in [2.75, 3.05) is 6.54 Å². The molecule has 1 aliphatic rings. The fraction of sp³-hybridized carbons (Fsp3) is 0.750. The SMILES string of the molecule is CC1CC(=O)CCN1OC(=O)C(F)(F)F. The summed E-state index contributed by atoms with van der Waals surface area (Å²) in [5.41, 5.74) is 0. The molecule has 0 spiro atoms. The smallest absolute Gasteiger partial charge is 0.361 e. The molecule has 0 bridgehead atoms. The van der Waals surface area contributed by atoms with Crippen LogP contribution in [0.5, 0.6) is 0 Å². The molecule has 1 rings (SSSR count). The normalized spacial score (nSPS) is 24.0. The minimum atomic E-state index is -5.00. The molecule has 0 aromatic heterocycles. The maximum atomic E-state index is 11.8. The van der Waals surface area contributed by atoms with E-state index in [1.54, 1.807) is 0 Å². The second-order valence-corrected chi connectivity index (χ2v) is 3.36. The van der Waals surface area contributed by atoms with Crippen LogP contribution in [0.1, 0.15) is 19.8 Å². The molecule has 86 valence electrons. The van der Waals surface area contributed by atoms with Crippen molar-refractivity contribution in [2.45, 2.75) is 32.0 Å². The quantitative estimate of drug-likeness (QED) is 0.669. The van der Waals surface area contributed by atoms with Crippen LogP contribution in [0.15, 0.2) is 0 Å². The van der Waals surface area contributed by atoms with E-state index in [1.807, 2.05) is 0 Å². The first-order valence-corrected chi connectivity index (χ1v) is 4.38. The second-order valence-electron chi connectivity index (χ2n) is 3.36. The van der Waals surface area contributed by atoms with Gasteiger partial charge in [0.1, 0.15) is 5.78 Å². The number of halogens is 3. The van der Waals surface area contributed by atoms with Crippen molar-refractivity contribution in [2.24, 2.45) is 0 Å². The van der Waals surface area contributed by atoms with Crippen LogP contribution in [0.25, 0.3) is 0 Å². The third kappa shape index (κ3) is 3.19. The van der Waals surface area contributed by atoms with Crippen LogP contribution in [-0.4, -0.2) is 35.6 Å². The maximum absolute atomic E-state index is 11.8. The summed E-state index contributed by atoms with van der Waals surface area (Å²) in [4.78, 5) is 25.5. The molecule has 1 aliphatic heterocycles. The van der Waals surface area contributed by atoms with Crippen molar-refractivity contribution in [3.05, 3.63) is 0 Å². The average Bonchev–Trinajstić information content (AvgIpc) is 2.08. The summed E-state index contributed by atoms with van der Waals surface area (Å²) in [6.07, 6.45) is -4.79. The van der Waals surface area contributed by atoms with Crippen molar-refractivity contribution in [1.29, 1.82) is 0 Å². The van der Waals surface area contributed by atoms with Gasteiger partial charge in [0.05, 0.1) is 6.04 Å². The second kappa shape index (κ2) is 4.18. The van der Waals surface area contributed by atoms with Crippen molar-refractivity contribution in [3.8, 4) is 0 Å². The molecular weight excluding hydrogens is 215 g/mol. The zero-order valence-corrected chi connectivity index (χ0v) is 8.00. The van der Waals surface area contributed by atoms with Gasteiger partial charge >= 0.3 is 12.1 Å². The zero-order valence-electron chi connectivity index (χ0n) is 8.00. The molecule has 0 aliphatic carbocycles. The van der Waals surface area contributed by atoms with Gasteiger partial charge in [-0.15, -0.1) is 5.06 Å². The predicted molar refractivity (Wildman–Crippen MR) is 42.6 cm³/mol. The molecule has 0 radical (unpaired) electrons. The molecular formula is C8H10F3NO3. The highest BCUT2D eigenvalue weighted by molar-refractivity contribution is 5.80. The summed E-state index contributed by atoms with van der Waals surface area (Å²) in [6, 6.07) is -0.502. The lowest BCUT2D eigenvalue weighted by Gasteiger charge is -2.30. The number of hydrogen-bond donors (Lipinski definition) is 0. The number of carbonyl (C=O) groups is 2. The number of alkyl halides is 3. The lowest BCUT2D eigenvalue weighted by atomic mass is 10.1. The minimum Gasteiger partial charge on any atom is -0.361 e. The molecule has 0 N–H and O–H groups in total. The van der Waals surface area contributed by atoms with Gasteiger partial charge in [-0.3, -0.25) is 4.79 Å². The van der Waals surface area contributed by atoms with E-state index in [0.29, 0.717) is 0 Å². The molecule has 1 atom stereocenters. The number of hydrogen-bond acceptors (Lipinski definition) is 4. The fourth-order valence-electron chi connectivity index (χ4n) is 1.28. The van der Waals surface area contributed by atoms with E-state index < -0.39 is 18.2 Å². The molecule has 15 heavy (non-hydrogen) atoms. The molecule has 0 saturated carbocycles. The Bertz CT molecular complexity index is 277. The zero-order chi connectivity index (χ0) is 11.6. The number of piperidine rings is 1. The molecule has 1 heterocycles. The summed E-state index contributed by atoms with van der Waals surface area (Å²) in [6.45, 7) is 1.54. The van der Waals surface area contributed by atoms with Crippen molar-refractivity contribution >= 4 is 11.8 Å². The standard InChI is InChI=1S/C8H10F3NO3/c1-5-4-6(13)2-3-12(5)15-7(14)8(9,10)11/h5H,2-4H2,1H3. The van der Waals surface area contributed by atoms with Crippen LogP contribution in [-0.2, 0) is 14.4 Å². The minimum absolute atomic E-state index is 0.0157. The number of nitrogens with zero attached hydrogens (tertiary/aromatic N) is 1. The van der Waals surface area contributed by atoms with Crippen LogP contribution in [0.4, 0.5) is 13.2 Å². The summed E-state index contributed by atoms with van der Waals surface area (Å²) in [7, 11) is 0. The van der Waals surface area contributed by atoms with E-state index in [1.165, 1.54) is 6.92 Å². The summed E-state index contributed by atoms with van der Waals surface area (Å²) >= 11 is 0. The van der Waals surface area contributed by atoms with Crippen LogP contribution in [0, 0.1) is 0 Å². The highest BCUT2D eigenvalue weighted by atomic mass is 19.4. The third-order valence-corrected chi connectivity index (χ3v) is 2.06. The van der Waals surface area contributed by atoms with Crippen molar-refractivity contribution < 1.29 is 27.6 Å². The largest absolute Gasteiger partial charge is 0.492 e. The van der Waals surface area contributed by atoms with Gasteiger partial charge in [0.2, 0.25) is 0 Å². The Labute approximate surface area is 83.9 Å². The Kier molecular flexibility index (Phi) is 3.33. The summed E-state index contributed by atoms with van der Waals surface area (Å²) < 4.78 is 35.5. The molecule has 7 heteroatoms. The van der Waals surface area contributed by atoms with E-state index in [2.05, 4.69) is 4.84 Å². The van der Waals surface area contributed by atoms with E-state index in [9.17, 15) is 22.8 Å². The number of hydroxylamine groups is 2. The first kappa shape index (κ1) is 12.0. The lowest BCUT2D eigenvalue weighted by Crippen LogP contribution is -2.44. The highest BCUT2D eigenvalue weighted by Crippen LogP contribution is 2.20. The van der Waals surface area contributed by atoms with Crippen LogP contribution in [0.3, 0.4) is 0 Å². The van der Waals surface area contributed by atoms with Gasteiger partial charge in [-0.05, 0) is 6.92 Å². The number of ketones is 1. The van der Waals surface area contributed by atoms with Gasteiger partial charge in [0.25, 0.3) is 0 Å². The van der Waals surface area contributed by atoms with Gasteiger partial charge in [0, 0.05) is 19.4 Å². The Hall–Kier alpha value is -1.11. The molecule has 0 aromatic rings. The number of rotatable bonds is 1. The first-order chi connectivity index (χ1) is 6.80. The van der Waals surface area contributed by atoms with Crippen molar-refractivity contribution in [3.63, 3.8) is 0 Å². The van der Waals surface area contributed by atoms with E-state index in [0.717, 1.165) is 5.06 Å². The molecule has 1 saturated heterocycles. The fourth-order valence-corrected chi connectivity index (χ4v) is 1.28. The van der Waals surface area contributed by atoms with Gasteiger partial charge in [-0.2, -0.15) is 13.2 Å². The van der Waals surface area contributed by atoms with Gasteiger partial charge in [-0.1, -0.05) is 0 Å². The van der Waals surface area contributed by atoms with Crippen molar-refractivity contribution in [1.82, 2.24) is 5.06 Å². The van der Waals surface area contributed by atoms with Gasteiger partial charge in [0.15, 0.2) is 0 Å². The van der Waals surface area contributed by atoms with E-state index >= 15 is 0 Å². The van der Waals surface area contributed by atoms with E-state index in [4.69, 9.17) is 0 Å². The molecule has 0 amide bonds. The van der Waals surface area contributed by atoms with Crippen LogP contribution >= 0.6 is 0 Å². The van der Waals surface area contributed by atoms with E-state index in [-0.39, 0.29) is 25.2 Å². The highest BCUT2D eigenvalue weighted by Gasteiger charge is 2.43. The predicted octanol–water partition coefficient (Wildman–Crippen LogP) is 1.06. The average molecular weight is 225 g/mol. The maximum Gasteiger partial charge on any atom is 0.492 e. The number of Topliss-reactive ketones (excluding diaryl/α,β-unsaturated/α-hetero) is 1. The summed E-state index contributed by atoms with van der Waals surface area (Å²) in [5, 5.41) is 0.900. The van der Waals surface area contributed by atoms with Gasteiger partial charge < -0.3 is 4.84 Å². The summed E-state index contributed by atoms with van der Waals surface area (Å²) in [5.74, 6) is -2.29. The third-order valence-electron chi connectivity index (χ3n) is 2.06. The van der Waals surface area contributed by atoms with Gasteiger partial charge in [-0.25, -0.2) is 4.79 Å². The molecule has 0 aromatic carbocycles. The Morgan fingerprint density at radius 1 is 1.53 bits per heavy atom. The van der Waals surface area contributed by atoms with Crippen LogP contribution < -0.4 is 0 Å². The topological polar surface area (TPSA) is 46.6 Å². The Morgan fingerprint density at radius 3 is 2.60 bits per heavy atom. The number of carbonyl (C=O) groups excluding carboxylic acids is 2. The molecule has 4 nitrogen and oxygen atoms in total. The lowest BCUT2D eigenvalue weighted by molar-refractivity contribution is -0.247. The Balaban J connectivity index is 2.52. The first-order valence-electron chi connectivity index (χ1n) is 4.38. The molecule has 1 unspecified atom stereocenters. The monoisotopic (exact) mass is 225 g/mol.